The molecular weight excluding hydrogens is 302 g/mol. The molecule has 1 atom stereocenters. The van der Waals surface area contributed by atoms with E-state index < -0.39 is 0 Å². The van der Waals surface area contributed by atoms with Crippen LogP contribution in [-0.2, 0) is 11.2 Å². The maximum Gasteiger partial charge on any atom is 0.251 e. The predicted octanol–water partition coefficient (Wildman–Crippen LogP) is 3.69. The van der Waals surface area contributed by atoms with Crippen LogP contribution in [0.2, 0.25) is 0 Å². The minimum absolute atomic E-state index is 0.0118. The van der Waals surface area contributed by atoms with Crippen molar-refractivity contribution in [2.75, 3.05) is 19.1 Å². The van der Waals surface area contributed by atoms with Crippen LogP contribution in [0, 0.1) is 0 Å². The van der Waals surface area contributed by atoms with Gasteiger partial charge in [0.15, 0.2) is 11.5 Å². The predicted molar refractivity (Wildman–Crippen MR) is 95.7 cm³/mol. The fourth-order valence-electron chi connectivity index (χ4n) is 3.11. The number of hydrogen-bond donors (Lipinski definition) is 0. The second-order valence-corrected chi connectivity index (χ2v) is 5.84. The maximum absolute atomic E-state index is 12.7. The average Bonchev–Trinajstić information content (AvgIpc) is 2.95. The first-order valence-electron chi connectivity index (χ1n) is 7.95. The molecule has 24 heavy (non-hydrogen) atoms. The summed E-state index contributed by atoms with van der Waals surface area (Å²) in [6.07, 6.45) is 4.31. The van der Waals surface area contributed by atoms with Gasteiger partial charge in [0.2, 0.25) is 0 Å². The molecule has 0 fully saturated rings. The number of rotatable bonds is 4. The van der Waals surface area contributed by atoms with Gasteiger partial charge in [0.1, 0.15) is 0 Å². The lowest BCUT2D eigenvalue weighted by Gasteiger charge is -2.21. The molecule has 3 rings (SSSR count). The quantitative estimate of drug-likeness (QED) is 0.806. The normalized spacial score (nSPS) is 16.3. The van der Waals surface area contributed by atoms with Gasteiger partial charge in [-0.2, -0.15) is 0 Å². The van der Waals surface area contributed by atoms with E-state index in [-0.39, 0.29) is 11.9 Å². The molecule has 4 heteroatoms. The Morgan fingerprint density at radius 3 is 2.62 bits per heavy atom. The summed E-state index contributed by atoms with van der Waals surface area (Å²) < 4.78 is 10.5. The molecule has 0 unspecified atom stereocenters. The van der Waals surface area contributed by atoms with Crippen molar-refractivity contribution in [3.05, 3.63) is 59.7 Å². The highest BCUT2D eigenvalue weighted by atomic mass is 16.5. The molecule has 0 saturated carbocycles. The summed E-state index contributed by atoms with van der Waals surface area (Å²) in [5, 5.41) is 0. The molecule has 0 aromatic heterocycles. The lowest BCUT2D eigenvalue weighted by atomic mass is 10.1. The average molecular weight is 323 g/mol. The molecule has 1 aliphatic heterocycles. The van der Waals surface area contributed by atoms with Crippen molar-refractivity contribution in [3.8, 4) is 11.5 Å². The monoisotopic (exact) mass is 323 g/mol. The third kappa shape index (κ3) is 3.00. The molecule has 1 amide bonds. The highest BCUT2D eigenvalue weighted by Gasteiger charge is 2.29. The minimum atomic E-state index is -0.0118. The van der Waals surface area contributed by atoms with Gasteiger partial charge < -0.3 is 14.4 Å². The molecule has 0 saturated heterocycles. The van der Waals surface area contributed by atoms with Crippen LogP contribution in [0.3, 0.4) is 0 Å². The van der Waals surface area contributed by atoms with Gasteiger partial charge in [0, 0.05) is 17.8 Å². The Balaban J connectivity index is 1.81. The van der Waals surface area contributed by atoms with E-state index in [1.807, 2.05) is 41.3 Å². The Kier molecular flexibility index (Phi) is 4.56. The maximum atomic E-state index is 12.7. The van der Waals surface area contributed by atoms with Crippen LogP contribution in [0.4, 0.5) is 5.69 Å². The van der Waals surface area contributed by atoms with Crippen molar-refractivity contribution in [1.29, 1.82) is 0 Å². The topological polar surface area (TPSA) is 38.8 Å². The summed E-state index contributed by atoms with van der Waals surface area (Å²) in [6, 6.07) is 13.8. The number of anilines is 1. The highest BCUT2D eigenvalue weighted by molar-refractivity contribution is 6.05. The van der Waals surface area contributed by atoms with Crippen molar-refractivity contribution in [3.63, 3.8) is 0 Å². The molecule has 0 N–H and O–H groups in total. The molecule has 2 aromatic rings. The lowest BCUT2D eigenvalue weighted by molar-refractivity contribution is -0.114. The number of amides is 1. The summed E-state index contributed by atoms with van der Waals surface area (Å²) in [4.78, 5) is 14.5. The van der Waals surface area contributed by atoms with Gasteiger partial charge in [-0.25, -0.2) is 0 Å². The van der Waals surface area contributed by atoms with Crippen molar-refractivity contribution in [1.82, 2.24) is 0 Å². The smallest absolute Gasteiger partial charge is 0.251 e. The number of carbonyl (C=O) groups excluding carboxylic acids is 1. The lowest BCUT2D eigenvalue weighted by Crippen LogP contribution is -2.34. The highest BCUT2D eigenvalue weighted by Crippen LogP contribution is 2.32. The van der Waals surface area contributed by atoms with Crippen molar-refractivity contribution in [2.45, 2.75) is 19.4 Å². The number of carbonyl (C=O) groups is 1. The van der Waals surface area contributed by atoms with Gasteiger partial charge in [-0.05, 0) is 48.7 Å². The van der Waals surface area contributed by atoms with Crippen LogP contribution in [0.15, 0.2) is 48.5 Å². The van der Waals surface area contributed by atoms with E-state index in [0.717, 1.165) is 17.7 Å². The number of nitrogens with zero attached hydrogens (tertiary/aromatic N) is 1. The van der Waals surface area contributed by atoms with E-state index in [1.165, 1.54) is 5.56 Å². The number of ether oxygens (including phenoxy) is 2. The van der Waals surface area contributed by atoms with Crippen LogP contribution in [0.1, 0.15) is 18.1 Å². The molecule has 0 spiro atoms. The third-order valence-electron chi connectivity index (χ3n) is 4.27. The summed E-state index contributed by atoms with van der Waals surface area (Å²) >= 11 is 0. The number of para-hydroxylation sites is 1. The fraction of sp³-hybridized carbons (Fsp3) is 0.250. The zero-order valence-corrected chi connectivity index (χ0v) is 14.2. The molecule has 0 radical (unpaired) electrons. The van der Waals surface area contributed by atoms with Gasteiger partial charge in [0.05, 0.1) is 14.2 Å². The molecule has 4 nitrogen and oxygen atoms in total. The Bertz CT molecular complexity index is 782. The van der Waals surface area contributed by atoms with Crippen LogP contribution >= 0.6 is 0 Å². The van der Waals surface area contributed by atoms with Crippen molar-refractivity contribution >= 4 is 17.7 Å². The van der Waals surface area contributed by atoms with Crippen LogP contribution < -0.4 is 14.4 Å². The molecule has 1 aliphatic rings. The zero-order chi connectivity index (χ0) is 17.1. The van der Waals surface area contributed by atoms with Gasteiger partial charge in [-0.3, -0.25) is 4.79 Å². The largest absolute Gasteiger partial charge is 0.493 e. The number of fused-ring (bicyclic) bond motifs is 1. The Morgan fingerprint density at radius 1 is 1.12 bits per heavy atom. The van der Waals surface area contributed by atoms with Crippen LogP contribution in [0.25, 0.3) is 6.08 Å². The minimum Gasteiger partial charge on any atom is -0.493 e. The third-order valence-corrected chi connectivity index (χ3v) is 4.27. The Labute approximate surface area is 142 Å². The second-order valence-electron chi connectivity index (χ2n) is 5.84. The van der Waals surface area contributed by atoms with Crippen LogP contribution in [-0.4, -0.2) is 26.2 Å². The van der Waals surface area contributed by atoms with Gasteiger partial charge in [-0.1, -0.05) is 24.3 Å². The van der Waals surface area contributed by atoms with Gasteiger partial charge in [0.25, 0.3) is 5.91 Å². The fourth-order valence-corrected chi connectivity index (χ4v) is 3.11. The van der Waals surface area contributed by atoms with Gasteiger partial charge >= 0.3 is 0 Å². The summed E-state index contributed by atoms with van der Waals surface area (Å²) in [7, 11) is 3.20. The molecule has 2 aromatic carbocycles. The van der Waals surface area contributed by atoms with Crippen molar-refractivity contribution < 1.29 is 14.3 Å². The van der Waals surface area contributed by atoms with Gasteiger partial charge in [-0.15, -0.1) is 0 Å². The van der Waals surface area contributed by atoms with E-state index in [0.29, 0.717) is 11.5 Å². The summed E-state index contributed by atoms with van der Waals surface area (Å²) in [6.45, 7) is 2.07. The number of hydrogen-bond acceptors (Lipinski definition) is 3. The SMILES string of the molecule is COc1ccc(/C=C/C(=O)N2c3ccccc3C[C@@H]2C)cc1OC. The number of benzene rings is 2. The molecule has 0 bridgehead atoms. The van der Waals surface area contributed by atoms with E-state index in [2.05, 4.69) is 13.0 Å². The number of methoxy groups -OCH3 is 2. The molecule has 124 valence electrons. The van der Waals surface area contributed by atoms with Crippen LogP contribution in [0.5, 0.6) is 11.5 Å². The first-order chi connectivity index (χ1) is 11.6. The van der Waals surface area contributed by atoms with E-state index in [4.69, 9.17) is 9.47 Å². The zero-order valence-electron chi connectivity index (χ0n) is 14.2. The van der Waals surface area contributed by atoms with E-state index in [1.54, 1.807) is 26.4 Å². The molecule has 1 heterocycles. The summed E-state index contributed by atoms with van der Waals surface area (Å²) in [5.41, 5.74) is 3.12. The van der Waals surface area contributed by atoms with E-state index >= 15 is 0 Å². The summed E-state index contributed by atoms with van der Waals surface area (Å²) in [5.74, 6) is 1.30. The standard InChI is InChI=1S/C20H21NO3/c1-14-12-16-6-4-5-7-17(16)21(14)20(22)11-9-15-8-10-18(23-2)19(13-15)24-3/h4-11,13-14H,12H2,1-3H3/b11-9+/t14-/m0/s1. The molecule has 0 aliphatic carbocycles. The first-order valence-corrected chi connectivity index (χ1v) is 7.95. The first kappa shape index (κ1) is 16.1. The Hall–Kier alpha value is -2.75. The Morgan fingerprint density at radius 2 is 1.88 bits per heavy atom. The van der Waals surface area contributed by atoms with Crippen molar-refractivity contribution in [2.24, 2.45) is 0 Å². The molecular formula is C20H21NO3. The second kappa shape index (κ2) is 6.79. The van der Waals surface area contributed by atoms with E-state index in [9.17, 15) is 4.79 Å².